The highest BCUT2D eigenvalue weighted by Gasteiger charge is 2.14. The molecule has 3 rings (SSSR count). The van der Waals surface area contributed by atoms with Crippen LogP contribution in [0.25, 0.3) is 0 Å². The van der Waals surface area contributed by atoms with E-state index in [0.717, 1.165) is 24.8 Å². The Morgan fingerprint density at radius 2 is 1.75 bits per heavy atom. The summed E-state index contributed by atoms with van der Waals surface area (Å²) in [6, 6.07) is 17.0. The van der Waals surface area contributed by atoms with Gasteiger partial charge in [0.25, 0.3) is 0 Å². The third kappa shape index (κ3) is 3.10. The predicted octanol–water partition coefficient (Wildman–Crippen LogP) is 4.23. The van der Waals surface area contributed by atoms with E-state index in [1.165, 1.54) is 36.0 Å². The Bertz CT molecular complexity index is 559. The highest BCUT2D eigenvalue weighted by molar-refractivity contribution is 5.36. The predicted molar refractivity (Wildman–Crippen MR) is 82.8 cm³/mol. The van der Waals surface area contributed by atoms with Gasteiger partial charge in [-0.1, -0.05) is 48.5 Å². The summed E-state index contributed by atoms with van der Waals surface area (Å²) in [6.07, 6.45) is 6.26. The van der Waals surface area contributed by atoms with Gasteiger partial charge in [-0.2, -0.15) is 0 Å². The van der Waals surface area contributed by atoms with Crippen molar-refractivity contribution in [1.29, 1.82) is 0 Å². The standard InChI is InChI=1S/C19H22O/c20-19(11-4-8-15-6-2-1-3-7-15)18-13-12-16-9-5-10-17(16)14-18/h1-3,6-7,12-14,19-20H,4-5,8-11H2. The van der Waals surface area contributed by atoms with Gasteiger partial charge in [-0.05, 0) is 60.8 Å². The lowest BCUT2D eigenvalue weighted by atomic mass is 9.98. The maximum Gasteiger partial charge on any atom is 0.0790 e. The van der Waals surface area contributed by atoms with E-state index < -0.39 is 0 Å². The number of hydrogen-bond acceptors (Lipinski definition) is 1. The van der Waals surface area contributed by atoms with Crippen molar-refractivity contribution in [2.24, 2.45) is 0 Å². The zero-order valence-electron chi connectivity index (χ0n) is 11.9. The Balaban J connectivity index is 1.55. The molecule has 0 aliphatic heterocycles. The molecule has 0 bridgehead atoms. The molecule has 1 atom stereocenters. The summed E-state index contributed by atoms with van der Waals surface area (Å²) in [4.78, 5) is 0. The van der Waals surface area contributed by atoms with E-state index in [9.17, 15) is 5.11 Å². The zero-order chi connectivity index (χ0) is 13.8. The Morgan fingerprint density at radius 1 is 0.950 bits per heavy atom. The minimum Gasteiger partial charge on any atom is -0.388 e. The van der Waals surface area contributed by atoms with Crippen molar-refractivity contribution in [2.75, 3.05) is 0 Å². The fraction of sp³-hybridized carbons (Fsp3) is 0.368. The second-order valence-corrected chi connectivity index (χ2v) is 5.78. The van der Waals surface area contributed by atoms with Gasteiger partial charge in [0.2, 0.25) is 0 Å². The van der Waals surface area contributed by atoms with E-state index in [1.54, 1.807) is 0 Å². The van der Waals surface area contributed by atoms with Gasteiger partial charge in [0.15, 0.2) is 0 Å². The fourth-order valence-corrected chi connectivity index (χ4v) is 3.11. The number of benzene rings is 2. The Hall–Kier alpha value is -1.60. The molecule has 0 amide bonds. The summed E-state index contributed by atoms with van der Waals surface area (Å²) < 4.78 is 0. The molecule has 0 saturated carbocycles. The van der Waals surface area contributed by atoms with E-state index in [-0.39, 0.29) is 6.10 Å². The van der Waals surface area contributed by atoms with Crippen molar-refractivity contribution in [3.63, 3.8) is 0 Å². The van der Waals surface area contributed by atoms with Crippen LogP contribution in [0.4, 0.5) is 0 Å². The van der Waals surface area contributed by atoms with Crippen LogP contribution in [0.5, 0.6) is 0 Å². The van der Waals surface area contributed by atoms with E-state index in [4.69, 9.17) is 0 Å². The molecule has 0 heterocycles. The normalized spacial score (nSPS) is 15.1. The average molecular weight is 266 g/mol. The summed E-state index contributed by atoms with van der Waals surface area (Å²) in [5.74, 6) is 0. The molecule has 0 radical (unpaired) electrons. The molecule has 0 fully saturated rings. The summed E-state index contributed by atoms with van der Waals surface area (Å²) >= 11 is 0. The van der Waals surface area contributed by atoms with Gasteiger partial charge in [-0.25, -0.2) is 0 Å². The van der Waals surface area contributed by atoms with Gasteiger partial charge < -0.3 is 5.11 Å². The minimum absolute atomic E-state index is 0.315. The summed E-state index contributed by atoms with van der Waals surface area (Å²) in [7, 11) is 0. The third-order valence-corrected chi connectivity index (χ3v) is 4.29. The SMILES string of the molecule is OC(CCCc1ccccc1)c1ccc2c(c1)CCC2. The molecule has 0 saturated heterocycles. The van der Waals surface area contributed by atoms with Crippen LogP contribution >= 0.6 is 0 Å². The lowest BCUT2D eigenvalue weighted by Gasteiger charge is -2.12. The fourth-order valence-electron chi connectivity index (χ4n) is 3.11. The minimum atomic E-state index is -0.315. The van der Waals surface area contributed by atoms with Crippen molar-refractivity contribution >= 4 is 0 Å². The number of aliphatic hydroxyl groups is 1. The second kappa shape index (κ2) is 6.23. The van der Waals surface area contributed by atoms with Gasteiger partial charge in [0, 0.05) is 0 Å². The Morgan fingerprint density at radius 3 is 2.60 bits per heavy atom. The van der Waals surface area contributed by atoms with Crippen LogP contribution in [0.2, 0.25) is 0 Å². The second-order valence-electron chi connectivity index (χ2n) is 5.78. The smallest absolute Gasteiger partial charge is 0.0790 e. The first-order valence-corrected chi connectivity index (χ1v) is 7.66. The largest absolute Gasteiger partial charge is 0.388 e. The molecule has 2 aromatic carbocycles. The van der Waals surface area contributed by atoms with E-state index in [1.807, 2.05) is 6.07 Å². The molecule has 1 unspecified atom stereocenters. The monoisotopic (exact) mass is 266 g/mol. The quantitative estimate of drug-likeness (QED) is 0.858. The first kappa shape index (κ1) is 13.4. The summed E-state index contributed by atoms with van der Waals surface area (Å²) in [5.41, 5.74) is 5.38. The van der Waals surface area contributed by atoms with Crippen LogP contribution in [0.1, 0.15) is 47.6 Å². The van der Waals surface area contributed by atoms with Crippen LogP contribution in [-0.4, -0.2) is 5.11 Å². The lowest BCUT2D eigenvalue weighted by molar-refractivity contribution is 0.164. The maximum atomic E-state index is 10.3. The molecule has 0 aromatic heterocycles. The molecule has 20 heavy (non-hydrogen) atoms. The van der Waals surface area contributed by atoms with Crippen LogP contribution in [-0.2, 0) is 19.3 Å². The Labute approximate surface area is 121 Å². The number of rotatable bonds is 5. The lowest BCUT2D eigenvalue weighted by Crippen LogP contribution is -2.00. The highest BCUT2D eigenvalue weighted by atomic mass is 16.3. The maximum absolute atomic E-state index is 10.3. The van der Waals surface area contributed by atoms with Crippen molar-refractivity contribution in [3.05, 3.63) is 70.8 Å². The number of fused-ring (bicyclic) bond motifs is 1. The van der Waals surface area contributed by atoms with Gasteiger partial charge in [-0.15, -0.1) is 0 Å². The van der Waals surface area contributed by atoms with Crippen LogP contribution in [0, 0.1) is 0 Å². The van der Waals surface area contributed by atoms with E-state index >= 15 is 0 Å². The van der Waals surface area contributed by atoms with Gasteiger partial charge in [0.05, 0.1) is 6.10 Å². The molecule has 2 aromatic rings. The van der Waals surface area contributed by atoms with Gasteiger partial charge >= 0.3 is 0 Å². The number of hydrogen-bond donors (Lipinski definition) is 1. The van der Waals surface area contributed by atoms with Gasteiger partial charge in [0.1, 0.15) is 0 Å². The third-order valence-electron chi connectivity index (χ3n) is 4.29. The molecule has 0 spiro atoms. The average Bonchev–Trinajstić information content (AvgIpc) is 2.95. The molecule has 1 aliphatic rings. The van der Waals surface area contributed by atoms with Crippen molar-refractivity contribution in [3.8, 4) is 0 Å². The van der Waals surface area contributed by atoms with Crippen LogP contribution < -0.4 is 0 Å². The molecule has 1 nitrogen and oxygen atoms in total. The van der Waals surface area contributed by atoms with Crippen molar-refractivity contribution < 1.29 is 5.11 Å². The number of aryl methyl sites for hydroxylation is 3. The zero-order valence-corrected chi connectivity index (χ0v) is 11.9. The summed E-state index contributed by atoms with van der Waals surface area (Å²) in [6.45, 7) is 0. The number of aliphatic hydroxyl groups excluding tert-OH is 1. The van der Waals surface area contributed by atoms with Crippen LogP contribution in [0.3, 0.4) is 0 Å². The molecule has 1 heteroatoms. The molecule has 1 N–H and O–H groups in total. The van der Waals surface area contributed by atoms with Gasteiger partial charge in [-0.3, -0.25) is 0 Å². The molecular weight excluding hydrogens is 244 g/mol. The molecule has 1 aliphatic carbocycles. The van der Waals surface area contributed by atoms with Crippen molar-refractivity contribution in [2.45, 2.75) is 44.6 Å². The molecular formula is C19H22O. The summed E-state index contributed by atoms with van der Waals surface area (Å²) in [5, 5.41) is 10.3. The molecule has 104 valence electrons. The van der Waals surface area contributed by atoms with Crippen molar-refractivity contribution in [1.82, 2.24) is 0 Å². The van der Waals surface area contributed by atoms with Crippen LogP contribution in [0.15, 0.2) is 48.5 Å². The Kier molecular flexibility index (Phi) is 4.17. The van der Waals surface area contributed by atoms with E-state index in [0.29, 0.717) is 0 Å². The topological polar surface area (TPSA) is 20.2 Å². The first-order valence-electron chi connectivity index (χ1n) is 7.66. The highest BCUT2D eigenvalue weighted by Crippen LogP contribution is 2.27. The first-order chi connectivity index (χ1) is 9.83. The van der Waals surface area contributed by atoms with E-state index in [2.05, 4.69) is 42.5 Å².